The van der Waals surface area contributed by atoms with Crippen LogP contribution in [0.25, 0.3) is 0 Å². The van der Waals surface area contributed by atoms with Crippen molar-refractivity contribution in [2.24, 2.45) is 0 Å². The first-order valence-corrected chi connectivity index (χ1v) is 11.6. The Morgan fingerprint density at radius 1 is 0.971 bits per heavy atom. The van der Waals surface area contributed by atoms with E-state index in [4.69, 9.17) is 44.4 Å². The summed E-state index contributed by atoms with van der Waals surface area (Å²) < 4.78 is 67.1. The third kappa shape index (κ3) is 7.32. The van der Waals surface area contributed by atoms with E-state index in [1.165, 1.54) is 6.07 Å². The van der Waals surface area contributed by atoms with Crippen LogP contribution in [-0.2, 0) is 33.8 Å². The number of esters is 2. The second-order valence-electron chi connectivity index (χ2n) is 6.96. The van der Waals surface area contributed by atoms with Crippen molar-refractivity contribution in [1.82, 2.24) is 0 Å². The minimum absolute atomic E-state index is 0.0370. The Kier molecular flexibility index (Phi) is 9.72. The van der Waals surface area contributed by atoms with Crippen molar-refractivity contribution in [1.29, 1.82) is 0 Å². The molecule has 0 aromatic heterocycles. The summed E-state index contributed by atoms with van der Waals surface area (Å²) in [7, 11) is 12.2. The molecule has 14 heteroatoms. The summed E-state index contributed by atoms with van der Waals surface area (Å²) >= 11 is 5.87. The van der Waals surface area contributed by atoms with Gasteiger partial charge in [0, 0.05) is 5.02 Å². The highest BCUT2D eigenvalue weighted by molar-refractivity contribution is 7.85. The van der Waals surface area contributed by atoms with E-state index in [0.29, 0.717) is 16.7 Å². The van der Waals surface area contributed by atoms with Crippen LogP contribution in [-0.4, -0.2) is 66.7 Å². The monoisotopic (exact) mass is 506 g/mol. The molecule has 2 aromatic rings. The topological polar surface area (TPSA) is 107 Å². The first kappa shape index (κ1) is 27.9. The molecule has 2 rings (SSSR count). The predicted molar refractivity (Wildman–Crippen MR) is 123 cm³/mol. The molecule has 0 spiro atoms. The van der Waals surface area contributed by atoms with Gasteiger partial charge in [-0.3, -0.25) is 4.55 Å². The third-order valence-corrected chi connectivity index (χ3v) is 5.49. The third-order valence-electron chi connectivity index (χ3n) is 4.51. The van der Waals surface area contributed by atoms with E-state index >= 15 is 0 Å². The first-order valence-electron chi connectivity index (χ1n) is 9.61. The molecular weight excluding hydrogens is 490 g/mol. The lowest BCUT2D eigenvalue weighted by Gasteiger charge is -2.18. The van der Waals surface area contributed by atoms with Gasteiger partial charge in [0.15, 0.2) is 6.10 Å². The minimum atomic E-state index is -4.90. The fraction of sp³-hybridized carbons (Fsp3) is 0.300. The molecule has 7 nitrogen and oxygen atoms in total. The van der Waals surface area contributed by atoms with Crippen LogP contribution in [0.2, 0.25) is 5.02 Å². The fourth-order valence-electron chi connectivity index (χ4n) is 2.96. The van der Waals surface area contributed by atoms with Gasteiger partial charge in [0.05, 0.1) is 34.7 Å². The van der Waals surface area contributed by atoms with Crippen LogP contribution in [0, 0.1) is 0 Å². The number of carbonyl (C=O) groups is 2. The molecule has 174 valence electrons. The summed E-state index contributed by atoms with van der Waals surface area (Å²) in [6.07, 6.45) is -5.84. The summed E-state index contributed by atoms with van der Waals surface area (Å²) in [5, 5.41) is -0.0514. The number of alkyl halides is 2. The van der Waals surface area contributed by atoms with Crippen molar-refractivity contribution in [2.45, 2.75) is 31.5 Å². The lowest BCUT2D eigenvalue weighted by molar-refractivity contribution is -0.0242. The number of hydrogen-bond donors (Lipinski definition) is 1. The molecule has 1 atom stereocenters. The molecular formula is C20H16B3ClF2O7S. The van der Waals surface area contributed by atoms with Crippen LogP contribution in [0.4, 0.5) is 8.78 Å². The van der Waals surface area contributed by atoms with E-state index in [0.717, 1.165) is 12.1 Å². The summed E-state index contributed by atoms with van der Waals surface area (Å²) in [4.78, 5) is 25.5. The highest BCUT2D eigenvalue weighted by Crippen LogP contribution is 2.29. The Bertz CT molecular complexity index is 1150. The van der Waals surface area contributed by atoms with Gasteiger partial charge in [-0.25, -0.2) is 18.4 Å². The van der Waals surface area contributed by atoms with Gasteiger partial charge in [-0.05, 0) is 29.3 Å². The van der Waals surface area contributed by atoms with Crippen LogP contribution in [0.5, 0.6) is 5.75 Å². The highest BCUT2D eigenvalue weighted by atomic mass is 35.5. The normalized spacial score (nSPS) is 12.4. The molecule has 6 radical (unpaired) electrons. The van der Waals surface area contributed by atoms with Crippen molar-refractivity contribution in [3.8, 4) is 5.75 Å². The van der Waals surface area contributed by atoms with Crippen molar-refractivity contribution in [2.75, 3.05) is 5.75 Å². The lowest BCUT2D eigenvalue weighted by atomic mass is 9.85. The van der Waals surface area contributed by atoms with Crippen LogP contribution in [0.3, 0.4) is 0 Å². The average Bonchev–Trinajstić information content (AvgIpc) is 2.77. The summed E-state index contributed by atoms with van der Waals surface area (Å²) in [5.74, 6) is -4.08. The maximum Gasteiger partial charge on any atom is 0.344 e. The molecule has 0 aliphatic carbocycles. The number of carbonyl (C=O) groups excluding carboxylic acids is 2. The second kappa shape index (κ2) is 11.9. The van der Waals surface area contributed by atoms with E-state index in [-0.39, 0.29) is 29.7 Å². The van der Waals surface area contributed by atoms with Crippen molar-refractivity contribution < 1.29 is 40.8 Å². The minimum Gasteiger partial charge on any atom is -0.451 e. The molecule has 0 aliphatic rings. The summed E-state index contributed by atoms with van der Waals surface area (Å²) in [6.45, 7) is 0. The first-order chi connectivity index (χ1) is 15.9. The Hall–Kier alpha value is -2.37. The van der Waals surface area contributed by atoms with Crippen LogP contribution < -0.4 is 4.74 Å². The van der Waals surface area contributed by atoms with E-state index < -0.39 is 51.5 Å². The molecule has 34 heavy (non-hydrogen) atoms. The lowest BCUT2D eigenvalue weighted by Crippen LogP contribution is -2.33. The van der Waals surface area contributed by atoms with Gasteiger partial charge >= 0.3 is 11.9 Å². The fourth-order valence-corrected chi connectivity index (χ4v) is 3.76. The zero-order valence-corrected chi connectivity index (χ0v) is 19.1. The zero-order chi connectivity index (χ0) is 25.6. The summed E-state index contributed by atoms with van der Waals surface area (Å²) in [6, 6.07) is 6.52. The van der Waals surface area contributed by atoms with Crippen LogP contribution in [0.1, 0.15) is 37.4 Å². The van der Waals surface area contributed by atoms with Gasteiger partial charge in [0.25, 0.3) is 16.5 Å². The smallest absolute Gasteiger partial charge is 0.344 e. The van der Waals surface area contributed by atoms with E-state index in [2.05, 4.69) is 4.74 Å². The quantitative estimate of drug-likeness (QED) is 0.228. The molecule has 1 N–H and O–H groups in total. The molecule has 0 bridgehead atoms. The molecule has 0 aliphatic heterocycles. The van der Waals surface area contributed by atoms with Gasteiger partial charge in [-0.1, -0.05) is 48.3 Å². The Labute approximate surface area is 204 Å². The van der Waals surface area contributed by atoms with Crippen molar-refractivity contribution in [3.05, 3.63) is 63.2 Å². The summed E-state index contributed by atoms with van der Waals surface area (Å²) in [5.41, 5.74) is 0.513. The van der Waals surface area contributed by atoms with Crippen LogP contribution in [0.15, 0.2) is 30.3 Å². The van der Waals surface area contributed by atoms with Gasteiger partial charge in [-0.15, -0.1) is 0 Å². The largest absolute Gasteiger partial charge is 0.451 e. The molecule has 0 heterocycles. The highest BCUT2D eigenvalue weighted by Gasteiger charge is 2.32. The van der Waals surface area contributed by atoms with Gasteiger partial charge in [0.2, 0.25) is 0 Å². The van der Waals surface area contributed by atoms with Crippen molar-refractivity contribution >= 4 is 57.2 Å². The molecule has 0 saturated heterocycles. The van der Waals surface area contributed by atoms with E-state index in [1.54, 1.807) is 12.1 Å². The molecule has 0 amide bonds. The Balaban J connectivity index is 2.43. The SMILES string of the molecule is [B]Cc1cc(C[B])c(OC(=O)c2ccc(Cl)cc2C(=O)OC(CS(=O)(=O)O)C(F)F)c(C[B])c1. The number of hydrogen-bond acceptors (Lipinski definition) is 6. The van der Waals surface area contributed by atoms with Crippen LogP contribution >= 0.6 is 11.6 Å². The maximum atomic E-state index is 13.2. The molecule has 2 aromatic carbocycles. The molecule has 1 unspecified atom stereocenters. The number of halogens is 3. The van der Waals surface area contributed by atoms with Gasteiger partial charge in [0.1, 0.15) is 11.5 Å². The second-order valence-corrected chi connectivity index (χ2v) is 8.90. The zero-order valence-electron chi connectivity index (χ0n) is 17.5. The van der Waals surface area contributed by atoms with Gasteiger partial charge in [-0.2, -0.15) is 8.42 Å². The number of ether oxygens (including phenoxy) is 2. The standard InChI is InChI=1S/C20H16B3ClF2O7S/c21-6-10-3-11(7-22)17(12(4-10)8-23)33-19(27)14-2-1-13(24)5-15(14)20(28)32-16(18(25)26)9-34(29,30)31/h1-5,16,18H,6-9H2,(H,29,30,31). The molecule has 0 saturated carbocycles. The number of rotatable bonds is 10. The predicted octanol–water partition coefficient (Wildman–Crippen LogP) is 2.24. The number of benzene rings is 2. The van der Waals surface area contributed by atoms with E-state index in [1.807, 2.05) is 0 Å². The maximum absolute atomic E-state index is 13.2. The Morgan fingerprint density at radius 3 is 2.03 bits per heavy atom. The van der Waals surface area contributed by atoms with Gasteiger partial charge < -0.3 is 9.47 Å². The molecule has 0 fully saturated rings. The Morgan fingerprint density at radius 2 is 1.56 bits per heavy atom. The average molecular weight is 506 g/mol. The van der Waals surface area contributed by atoms with Crippen molar-refractivity contribution in [3.63, 3.8) is 0 Å². The van der Waals surface area contributed by atoms with E-state index in [9.17, 15) is 26.8 Å².